The first kappa shape index (κ1) is 8.04. The lowest BCUT2D eigenvalue weighted by molar-refractivity contribution is -0.120. The molecule has 2 radical (unpaired) electrons. The SMILES string of the molecule is O=C1C=CC(=O)C1[B][B]I. The third kappa shape index (κ3) is 1.51. The molecule has 0 aromatic carbocycles. The van der Waals surface area contributed by atoms with Gasteiger partial charge in [0.15, 0.2) is 16.6 Å². The quantitative estimate of drug-likeness (QED) is 0.393. The van der Waals surface area contributed by atoms with Crippen LogP contribution in [0.15, 0.2) is 12.2 Å². The van der Waals surface area contributed by atoms with Crippen molar-refractivity contribution in [3.63, 3.8) is 0 Å². The van der Waals surface area contributed by atoms with E-state index in [4.69, 9.17) is 0 Å². The van der Waals surface area contributed by atoms with E-state index in [1.165, 1.54) is 12.2 Å². The van der Waals surface area contributed by atoms with Gasteiger partial charge in [0, 0.05) is 5.82 Å². The number of halogens is 1. The molecule has 0 spiro atoms. The molecule has 0 saturated heterocycles. The highest BCUT2D eigenvalue weighted by Crippen LogP contribution is 2.15. The van der Waals surface area contributed by atoms with Crippen molar-refractivity contribution in [2.45, 2.75) is 5.82 Å². The van der Waals surface area contributed by atoms with Gasteiger partial charge in [0.1, 0.15) is 7.17 Å². The van der Waals surface area contributed by atoms with Crippen molar-refractivity contribution < 1.29 is 9.59 Å². The molecule has 48 valence electrons. The van der Waals surface area contributed by atoms with Gasteiger partial charge in [0.2, 0.25) is 0 Å². The summed E-state index contributed by atoms with van der Waals surface area (Å²) in [6.45, 7) is 0. The van der Waals surface area contributed by atoms with E-state index in [2.05, 4.69) is 0 Å². The van der Waals surface area contributed by atoms with Gasteiger partial charge >= 0.3 is 0 Å². The van der Waals surface area contributed by atoms with Gasteiger partial charge in [-0.2, -0.15) is 22.4 Å². The fraction of sp³-hybridized carbons (Fsp3) is 0.200. The van der Waals surface area contributed by atoms with Gasteiger partial charge in [-0.3, -0.25) is 9.59 Å². The monoisotopic (exact) mass is 244 g/mol. The highest BCUT2D eigenvalue weighted by Gasteiger charge is 2.27. The Kier molecular flexibility index (Phi) is 2.71. The Bertz CT molecular complexity index is 184. The number of carbonyl (C=O) groups is 2. The van der Waals surface area contributed by atoms with Crippen LogP contribution in [0.1, 0.15) is 0 Å². The minimum absolute atomic E-state index is 0.113. The number of hydrogen-bond donors (Lipinski definition) is 0. The van der Waals surface area contributed by atoms with E-state index in [9.17, 15) is 9.59 Å². The number of hydrogen-bond acceptors (Lipinski definition) is 2. The zero-order chi connectivity index (χ0) is 7.56. The van der Waals surface area contributed by atoms with E-state index in [1.807, 2.05) is 22.4 Å². The van der Waals surface area contributed by atoms with Crippen LogP contribution in [-0.4, -0.2) is 23.8 Å². The molecule has 0 unspecified atom stereocenters. The second-order valence-corrected chi connectivity index (χ2v) is 2.65. The summed E-state index contributed by atoms with van der Waals surface area (Å²) in [7, 11) is 1.60. The highest BCUT2D eigenvalue weighted by molar-refractivity contribution is 14.1. The minimum Gasteiger partial charge on any atom is -0.295 e. The maximum atomic E-state index is 10.8. The molecule has 1 aliphatic rings. The van der Waals surface area contributed by atoms with Crippen molar-refractivity contribution in [3.8, 4) is 0 Å². The minimum atomic E-state index is -0.531. The summed E-state index contributed by atoms with van der Waals surface area (Å²) >= 11 is 1.98. The molecule has 0 heterocycles. The van der Waals surface area contributed by atoms with Gasteiger partial charge in [-0.1, -0.05) is 0 Å². The average Bonchev–Trinajstić information content (AvgIpc) is 2.20. The van der Waals surface area contributed by atoms with Crippen molar-refractivity contribution in [1.29, 1.82) is 0 Å². The lowest BCUT2D eigenvalue weighted by Gasteiger charge is -1.99. The Balaban J connectivity index is 2.60. The zero-order valence-corrected chi connectivity index (χ0v) is 7.24. The van der Waals surface area contributed by atoms with Crippen LogP contribution < -0.4 is 0 Å². The molecule has 0 aliphatic heterocycles. The van der Waals surface area contributed by atoms with Crippen LogP contribution in [0.25, 0.3) is 0 Å². The molecule has 1 aliphatic carbocycles. The summed E-state index contributed by atoms with van der Waals surface area (Å²) in [4.78, 5) is 21.6. The van der Waals surface area contributed by atoms with Gasteiger partial charge < -0.3 is 0 Å². The van der Waals surface area contributed by atoms with Crippen LogP contribution in [0, 0.1) is 0 Å². The molecule has 0 aromatic rings. The van der Waals surface area contributed by atoms with Gasteiger partial charge in [-0.05, 0) is 12.2 Å². The smallest absolute Gasteiger partial charge is 0.157 e. The maximum Gasteiger partial charge on any atom is 0.157 e. The molecule has 0 fully saturated rings. The second kappa shape index (κ2) is 3.37. The number of rotatable bonds is 2. The predicted octanol–water partition coefficient (Wildman–Crippen LogP) is 0.156. The summed E-state index contributed by atoms with van der Waals surface area (Å²) < 4.78 is 0. The molecule has 0 N–H and O–H groups in total. The van der Waals surface area contributed by atoms with Crippen LogP contribution in [0.5, 0.6) is 0 Å². The Labute approximate surface area is 73.8 Å². The van der Waals surface area contributed by atoms with Gasteiger partial charge in [-0.25, -0.2) is 0 Å². The standard InChI is InChI=1S/C5H3B2IO2/c8-7-6-5-3(9)1-2-4(5)10/h1-2,5H. The van der Waals surface area contributed by atoms with Crippen LogP contribution in [-0.2, 0) is 9.59 Å². The van der Waals surface area contributed by atoms with Gasteiger partial charge in [0.05, 0.1) is 0 Å². The van der Waals surface area contributed by atoms with Crippen LogP contribution in [0.3, 0.4) is 0 Å². The van der Waals surface area contributed by atoms with Crippen LogP contribution in [0.4, 0.5) is 0 Å². The lowest BCUT2D eigenvalue weighted by atomic mass is 9.46. The van der Waals surface area contributed by atoms with Crippen molar-refractivity contribution in [2.24, 2.45) is 0 Å². The van der Waals surface area contributed by atoms with Crippen LogP contribution in [0.2, 0.25) is 5.82 Å². The molecule has 0 bridgehead atoms. The normalized spacial score (nSPS) is 18.1. The fourth-order valence-electron chi connectivity index (χ4n) is 0.774. The summed E-state index contributed by atoms with van der Waals surface area (Å²) in [5.74, 6) is -0.757. The first-order valence-electron chi connectivity index (χ1n) is 2.78. The summed E-state index contributed by atoms with van der Waals surface area (Å²) in [5, 5.41) is 1.69. The Morgan fingerprint density at radius 3 is 2.20 bits per heavy atom. The lowest BCUT2D eigenvalue weighted by Crippen LogP contribution is -2.18. The summed E-state index contributed by atoms with van der Waals surface area (Å²) in [6.07, 6.45) is 2.65. The molecule has 0 aromatic heterocycles. The Morgan fingerprint density at radius 1 is 1.30 bits per heavy atom. The molecule has 5 heteroatoms. The Hall–Kier alpha value is -0.0601. The van der Waals surface area contributed by atoms with E-state index >= 15 is 0 Å². The van der Waals surface area contributed by atoms with Crippen molar-refractivity contribution >= 4 is 46.1 Å². The zero-order valence-electron chi connectivity index (χ0n) is 5.08. The largest absolute Gasteiger partial charge is 0.295 e. The topological polar surface area (TPSA) is 34.1 Å². The van der Waals surface area contributed by atoms with E-state index in [-0.39, 0.29) is 11.6 Å². The van der Waals surface area contributed by atoms with Gasteiger partial charge in [0.25, 0.3) is 0 Å². The van der Waals surface area contributed by atoms with Crippen molar-refractivity contribution in [2.75, 3.05) is 0 Å². The fourth-order valence-corrected chi connectivity index (χ4v) is 1.19. The van der Waals surface area contributed by atoms with Crippen molar-refractivity contribution in [1.82, 2.24) is 0 Å². The molecular formula is C5H3B2IO2. The molecule has 0 atom stereocenters. The van der Waals surface area contributed by atoms with Crippen molar-refractivity contribution in [3.05, 3.63) is 12.2 Å². The Morgan fingerprint density at radius 2 is 1.80 bits per heavy atom. The molecule has 2 nitrogen and oxygen atoms in total. The average molecular weight is 244 g/mol. The van der Waals surface area contributed by atoms with Crippen LogP contribution >= 0.6 is 22.4 Å². The first-order valence-corrected chi connectivity index (χ1v) is 4.03. The van der Waals surface area contributed by atoms with E-state index < -0.39 is 5.82 Å². The predicted molar refractivity (Wildman–Crippen MR) is 48.4 cm³/mol. The van der Waals surface area contributed by atoms with E-state index in [1.54, 1.807) is 12.2 Å². The van der Waals surface area contributed by atoms with E-state index in [0.29, 0.717) is 0 Å². The maximum absolute atomic E-state index is 10.8. The molecule has 1 rings (SSSR count). The number of carbonyl (C=O) groups excluding carboxylic acids is 2. The third-order valence-electron chi connectivity index (χ3n) is 1.29. The van der Waals surface area contributed by atoms with Gasteiger partial charge in [-0.15, -0.1) is 0 Å². The molecular weight excluding hydrogens is 241 g/mol. The highest BCUT2D eigenvalue weighted by atomic mass is 127. The van der Waals surface area contributed by atoms with E-state index in [0.717, 1.165) is 0 Å². The molecule has 0 amide bonds. The summed E-state index contributed by atoms with van der Waals surface area (Å²) in [5.41, 5.74) is 0. The summed E-state index contributed by atoms with van der Waals surface area (Å²) in [6, 6.07) is 0. The molecule has 0 saturated carbocycles. The first-order chi connectivity index (χ1) is 4.75. The molecule has 10 heavy (non-hydrogen) atoms. The third-order valence-corrected chi connectivity index (χ3v) is 1.71. The number of ketones is 2. The second-order valence-electron chi connectivity index (χ2n) is 1.93. The number of allylic oxidation sites excluding steroid dienone is 2.